The van der Waals surface area contributed by atoms with E-state index in [0.29, 0.717) is 22.1 Å². The standard InChI is InChI=1S/C30H26N2O3/c1-19-10-12-24(13-11-19)31(28(33)23-17-20(2)16-21(3)18-23)14-15-32-29(34)25-8-4-6-22-7-5-9-26(27(22)25)30(32)35/h4-13,16-18H,14-15H2,1-3H3. The quantitative estimate of drug-likeness (QED) is 0.357. The van der Waals surface area contributed by atoms with Crippen LogP contribution < -0.4 is 4.90 Å². The first-order valence-corrected chi connectivity index (χ1v) is 11.7. The van der Waals surface area contributed by atoms with Crippen LogP contribution in [0.2, 0.25) is 0 Å². The van der Waals surface area contributed by atoms with Crippen LogP contribution in [0.5, 0.6) is 0 Å². The number of amides is 3. The highest BCUT2D eigenvalue weighted by atomic mass is 16.2. The van der Waals surface area contributed by atoms with Gasteiger partial charge in [0.1, 0.15) is 0 Å². The molecule has 1 aliphatic heterocycles. The molecule has 0 unspecified atom stereocenters. The molecule has 0 fully saturated rings. The summed E-state index contributed by atoms with van der Waals surface area (Å²) in [4.78, 5) is 43.2. The lowest BCUT2D eigenvalue weighted by Gasteiger charge is -2.30. The molecule has 5 heteroatoms. The van der Waals surface area contributed by atoms with E-state index < -0.39 is 0 Å². The van der Waals surface area contributed by atoms with Crippen LogP contribution in [-0.2, 0) is 0 Å². The fraction of sp³-hybridized carbons (Fsp3) is 0.167. The average Bonchev–Trinajstić information content (AvgIpc) is 2.84. The zero-order valence-corrected chi connectivity index (χ0v) is 20.0. The molecule has 4 aromatic carbocycles. The van der Waals surface area contributed by atoms with E-state index in [1.54, 1.807) is 17.0 Å². The van der Waals surface area contributed by atoms with E-state index in [1.807, 2.05) is 87.5 Å². The number of benzene rings is 4. The van der Waals surface area contributed by atoms with E-state index >= 15 is 0 Å². The summed E-state index contributed by atoms with van der Waals surface area (Å²) in [6.45, 7) is 6.19. The smallest absolute Gasteiger partial charge is 0.261 e. The maximum Gasteiger partial charge on any atom is 0.261 e. The van der Waals surface area contributed by atoms with Gasteiger partial charge < -0.3 is 4.90 Å². The Hall–Kier alpha value is -4.25. The number of rotatable bonds is 5. The molecule has 1 aliphatic rings. The third kappa shape index (κ3) is 4.10. The van der Waals surface area contributed by atoms with E-state index in [9.17, 15) is 14.4 Å². The first-order chi connectivity index (χ1) is 16.8. The maximum absolute atomic E-state index is 13.7. The highest BCUT2D eigenvalue weighted by Crippen LogP contribution is 2.30. The lowest BCUT2D eigenvalue weighted by atomic mass is 9.94. The van der Waals surface area contributed by atoms with Gasteiger partial charge in [-0.25, -0.2) is 0 Å². The molecule has 0 radical (unpaired) electrons. The highest BCUT2D eigenvalue weighted by molar-refractivity contribution is 6.25. The lowest BCUT2D eigenvalue weighted by molar-refractivity contribution is 0.0611. The van der Waals surface area contributed by atoms with Crippen LogP contribution in [0.25, 0.3) is 10.8 Å². The molecule has 0 saturated heterocycles. The zero-order valence-electron chi connectivity index (χ0n) is 20.0. The van der Waals surface area contributed by atoms with E-state index in [-0.39, 0.29) is 30.8 Å². The van der Waals surface area contributed by atoms with Crippen molar-refractivity contribution in [3.63, 3.8) is 0 Å². The first kappa shape index (κ1) is 22.5. The van der Waals surface area contributed by atoms with Crippen LogP contribution in [0.1, 0.15) is 47.8 Å². The molecular weight excluding hydrogens is 436 g/mol. The Bertz CT molecular complexity index is 1420. The summed E-state index contributed by atoms with van der Waals surface area (Å²) >= 11 is 0. The second kappa shape index (κ2) is 8.84. The Morgan fingerprint density at radius 2 is 1.31 bits per heavy atom. The molecule has 0 N–H and O–H groups in total. The van der Waals surface area contributed by atoms with Crippen molar-refractivity contribution in [1.29, 1.82) is 0 Å². The van der Waals surface area contributed by atoms with Crippen LogP contribution in [0.15, 0.2) is 78.9 Å². The summed E-state index contributed by atoms with van der Waals surface area (Å²) in [7, 11) is 0. The van der Waals surface area contributed by atoms with Crippen molar-refractivity contribution in [3.05, 3.63) is 112 Å². The first-order valence-electron chi connectivity index (χ1n) is 11.7. The average molecular weight is 463 g/mol. The third-order valence-electron chi connectivity index (χ3n) is 6.46. The number of hydrogen-bond donors (Lipinski definition) is 0. The van der Waals surface area contributed by atoms with E-state index in [1.165, 1.54) is 4.90 Å². The summed E-state index contributed by atoms with van der Waals surface area (Å²) in [5.41, 5.74) is 5.42. The van der Waals surface area contributed by atoms with Gasteiger partial charge in [0.15, 0.2) is 0 Å². The van der Waals surface area contributed by atoms with Crippen LogP contribution in [0.3, 0.4) is 0 Å². The molecule has 0 atom stereocenters. The summed E-state index contributed by atoms with van der Waals surface area (Å²) in [5, 5.41) is 1.57. The normalized spacial score (nSPS) is 12.8. The van der Waals surface area contributed by atoms with Gasteiger partial charge in [-0.15, -0.1) is 0 Å². The van der Waals surface area contributed by atoms with Gasteiger partial charge >= 0.3 is 0 Å². The number of aryl methyl sites for hydroxylation is 3. The number of carbonyl (C=O) groups is 3. The Kier molecular flexibility index (Phi) is 5.69. The maximum atomic E-state index is 13.7. The van der Waals surface area contributed by atoms with E-state index in [4.69, 9.17) is 0 Å². The van der Waals surface area contributed by atoms with Crippen LogP contribution >= 0.6 is 0 Å². The largest absolute Gasteiger partial charge is 0.307 e. The zero-order chi connectivity index (χ0) is 24.7. The van der Waals surface area contributed by atoms with Gasteiger partial charge in [-0.3, -0.25) is 19.3 Å². The molecule has 0 saturated carbocycles. The minimum absolute atomic E-state index is 0.0901. The predicted molar refractivity (Wildman–Crippen MR) is 138 cm³/mol. The molecule has 1 heterocycles. The monoisotopic (exact) mass is 462 g/mol. The van der Waals surface area contributed by atoms with Gasteiger partial charge in [-0.05, 0) is 62.6 Å². The minimum Gasteiger partial charge on any atom is -0.307 e. The molecule has 0 aliphatic carbocycles. The highest BCUT2D eigenvalue weighted by Gasteiger charge is 2.33. The van der Waals surface area contributed by atoms with E-state index in [0.717, 1.165) is 27.8 Å². The van der Waals surface area contributed by atoms with Gasteiger partial charge in [0.05, 0.1) is 0 Å². The predicted octanol–water partition coefficient (Wildman–Crippen LogP) is 5.71. The molecule has 0 spiro atoms. The van der Waals surface area contributed by atoms with Crippen LogP contribution in [0, 0.1) is 20.8 Å². The Morgan fingerprint density at radius 1 is 0.743 bits per heavy atom. The third-order valence-corrected chi connectivity index (χ3v) is 6.46. The Labute approximate surface area is 204 Å². The van der Waals surface area contributed by atoms with Crippen molar-refractivity contribution in [1.82, 2.24) is 4.90 Å². The number of anilines is 1. The molecule has 35 heavy (non-hydrogen) atoms. The summed E-state index contributed by atoms with van der Waals surface area (Å²) in [5.74, 6) is -0.830. The molecule has 4 aromatic rings. The summed E-state index contributed by atoms with van der Waals surface area (Å²) in [6.07, 6.45) is 0. The van der Waals surface area contributed by atoms with Crippen molar-refractivity contribution < 1.29 is 14.4 Å². The Morgan fingerprint density at radius 3 is 1.89 bits per heavy atom. The topological polar surface area (TPSA) is 57.7 Å². The van der Waals surface area contributed by atoms with Gasteiger partial charge in [0.25, 0.3) is 17.7 Å². The minimum atomic E-state index is -0.331. The molecule has 0 bridgehead atoms. The van der Waals surface area contributed by atoms with Gasteiger partial charge in [0.2, 0.25) is 0 Å². The molecule has 5 rings (SSSR count). The molecule has 0 aromatic heterocycles. The van der Waals surface area contributed by atoms with E-state index in [2.05, 4.69) is 0 Å². The Balaban J connectivity index is 1.48. The van der Waals surface area contributed by atoms with Gasteiger partial charge in [-0.2, -0.15) is 0 Å². The van der Waals surface area contributed by atoms with Crippen LogP contribution in [-0.4, -0.2) is 35.7 Å². The number of imide groups is 1. The van der Waals surface area contributed by atoms with Crippen molar-refractivity contribution >= 4 is 34.2 Å². The second-order valence-electron chi connectivity index (χ2n) is 9.14. The molecular formula is C30H26N2O3. The number of hydrogen-bond acceptors (Lipinski definition) is 3. The van der Waals surface area contributed by atoms with Gasteiger partial charge in [0, 0.05) is 40.9 Å². The SMILES string of the molecule is Cc1ccc(N(CCN2C(=O)c3cccc4cccc(c34)C2=O)C(=O)c2cc(C)cc(C)c2)cc1. The second-order valence-corrected chi connectivity index (χ2v) is 9.14. The number of carbonyl (C=O) groups excluding carboxylic acids is 3. The van der Waals surface area contributed by atoms with Crippen molar-refractivity contribution in [2.24, 2.45) is 0 Å². The molecule has 174 valence electrons. The van der Waals surface area contributed by atoms with Crippen LogP contribution in [0.4, 0.5) is 5.69 Å². The number of nitrogens with zero attached hydrogens (tertiary/aromatic N) is 2. The van der Waals surface area contributed by atoms with Crippen molar-refractivity contribution in [2.45, 2.75) is 20.8 Å². The fourth-order valence-electron chi connectivity index (χ4n) is 4.81. The van der Waals surface area contributed by atoms with Crippen molar-refractivity contribution in [2.75, 3.05) is 18.0 Å². The molecule has 3 amide bonds. The lowest BCUT2D eigenvalue weighted by Crippen LogP contribution is -2.46. The summed E-state index contributed by atoms with van der Waals surface area (Å²) in [6, 6.07) is 24.4. The fourth-order valence-corrected chi connectivity index (χ4v) is 4.81. The van der Waals surface area contributed by atoms with Crippen molar-refractivity contribution in [3.8, 4) is 0 Å². The molecule has 5 nitrogen and oxygen atoms in total. The van der Waals surface area contributed by atoms with Gasteiger partial charge in [-0.1, -0.05) is 59.2 Å². The summed E-state index contributed by atoms with van der Waals surface area (Å²) < 4.78 is 0.